The fraction of sp³-hybridized carbons (Fsp3) is 0.259. The Morgan fingerprint density at radius 1 is 1.23 bits per heavy atom. The number of nitrogens with two attached hydrogens (primary N) is 1. The molecule has 2 atom stereocenters. The van der Waals surface area contributed by atoms with E-state index in [1.165, 1.54) is 5.57 Å². The molecule has 1 aliphatic rings. The first-order chi connectivity index (χ1) is 14.9. The molecule has 0 aromatic heterocycles. The Labute approximate surface area is 186 Å². The molecule has 1 aliphatic carbocycles. The van der Waals surface area contributed by atoms with Crippen LogP contribution >= 0.6 is 0 Å². The lowest BCUT2D eigenvalue weighted by Crippen LogP contribution is -2.57. The number of rotatable bonds is 10. The minimum Gasteiger partial charge on any atom is -0.472 e. The third-order valence-electron chi connectivity index (χ3n) is 4.89. The van der Waals surface area contributed by atoms with Crippen LogP contribution in [0.2, 0.25) is 0 Å². The Morgan fingerprint density at radius 3 is 2.58 bits per heavy atom. The van der Waals surface area contributed by atoms with E-state index >= 15 is 0 Å². The van der Waals surface area contributed by atoms with Crippen LogP contribution in [0.1, 0.15) is 39.7 Å². The smallest absolute Gasteiger partial charge is 0.202 e. The van der Waals surface area contributed by atoms with Gasteiger partial charge >= 0.3 is 0 Å². The predicted octanol–water partition coefficient (Wildman–Crippen LogP) is 6.14. The van der Waals surface area contributed by atoms with Crippen LogP contribution in [0, 0.1) is 0 Å². The monoisotopic (exact) mass is 418 g/mol. The van der Waals surface area contributed by atoms with Gasteiger partial charge in [-0.15, -0.1) is 5.48 Å². The summed E-state index contributed by atoms with van der Waals surface area (Å²) in [7, 11) is 0. The van der Waals surface area contributed by atoms with Crippen molar-refractivity contribution in [2.75, 3.05) is 0 Å². The third kappa shape index (κ3) is 7.28. The number of ether oxygens (including phenoxy) is 1. The van der Waals surface area contributed by atoms with Gasteiger partial charge in [0.2, 0.25) is 5.72 Å². The van der Waals surface area contributed by atoms with Gasteiger partial charge in [0.05, 0.1) is 6.04 Å². The van der Waals surface area contributed by atoms with E-state index in [2.05, 4.69) is 24.2 Å². The number of hydrogen-bond acceptors (Lipinski definition) is 4. The second-order valence-corrected chi connectivity index (χ2v) is 7.52. The molecule has 1 unspecified atom stereocenters. The molecule has 1 aromatic carbocycles. The number of nitrogens with one attached hydrogen (secondary N) is 1. The minimum absolute atomic E-state index is 0.321. The van der Waals surface area contributed by atoms with Crippen molar-refractivity contribution < 1.29 is 9.57 Å². The van der Waals surface area contributed by atoms with Gasteiger partial charge in [0.1, 0.15) is 11.5 Å². The summed E-state index contributed by atoms with van der Waals surface area (Å²) in [4.78, 5) is 5.84. The first-order valence-corrected chi connectivity index (χ1v) is 10.6. The fourth-order valence-corrected chi connectivity index (χ4v) is 2.91. The molecule has 0 bridgehead atoms. The molecule has 0 heterocycles. The maximum absolute atomic E-state index is 6.25. The van der Waals surface area contributed by atoms with Crippen molar-refractivity contribution in [3.05, 3.63) is 109 Å². The van der Waals surface area contributed by atoms with E-state index in [0.29, 0.717) is 12.2 Å². The Bertz CT molecular complexity index is 915. The Balaban J connectivity index is 2.08. The number of allylic oxidation sites excluding steroid dienone is 12. The minimum atomic E-state index is -0.903. The maximum Gasteiger partial charge on any atom is 0.202 e. The second-order valence-electron chi connectivity index (χ2n) is 7.52. The highest BCUT2D eigenvalue weighted by Gasteiger charge is 2.33. The SMILES string of the molecule is C=C/C=C(\C=C/C)c1ccc(ONC(C)(OC2=CC=C/C(=C/C=C/C)C2)[C@@H](C)N)cc1. The number of hydrogen-bond donors (Lipinski definition) is 2. The lowest BCUT2D eigenvalue weighted by atomic mass is 10.0. The molecule has 31 heavy (non-hydrogen) atoms. The summed E-state index contributed by atoms with van der Waals surface area (Å²) in [6.07, 6.45) is 20.6. The van der Waals surface area contributed by atoms with E-state index in [-0.39, 0.29) is 6.04 Å². The first kappa shape index (κ1) is 24.2. The summed E-state index contributed by atoms with van der Waals surface area (Å²) in [5.41, 5.74) is 11.7. The van der Waals surface area contributed by atoms with Crippen molar-refractivity contribution in [2.45, 2.75) is 45.9 Å². The average molecular weight is 419 g/mol. The van der Waals surface area contributed by atoms with Crippen molar-refractivity contribution in [2.24, 2.45) is 5.73 Å². The van der Waals surface area contributed by atoms with Gasteiger partial charge in [-0.3, -0.25) is 0 Å². The zero-order valence-electron chi connectivity index (χ0n) is 19.0. The topological polar surface area (TPSA) is 56.5 Å². The van der Waals surface area contributed by atoms with Crippen molar-refractivity contribution >= 4 is 5.57 Å². The largest absolute Gasteiger partial charge is 0.472 e. The molecule has 1 aromatic rings. The summed E-state index contributed by atoms with van der Waals surface area (Å²) < 4.78 is 6.25. The molecule has 164 valence electrons. The molecule has 4 nitrogen and oxygen atoms in total. The van der Waals surface area contributed by atoms with E-state index in [4.69, 9.17) is 15.3 Å². The molecular weight excluding hydrogens is 384 g/mol. The van der Waals surface area contributed by atoms with Gasteiger partial charge in [0.15, 0.2) is 0 Å². The molecular formula is C27H34N2O2. The van der Waals surface area contributed by atoms with E-state index in [1.54, 1.807) is 6.08 Å². The predicted molar refractivity (Wildman–Crippen MR) is 131 cm³/mol. The lowest BCUT2D eigenvalue weighted by molar-refractivity contribution is -0.0998. The summed E-state index contributed by atoms with van der Waals surface area (Å²) in [5, 5.41) is 0. The van der Waals surface area contributed by atoms with Gasteiger partial charge in [0.25, 0.3) is 0 Å². The normalized spacial score (nSPS) is 18.8. The standard InChI is InChI=1S/C27H34N2O2/c1-6-9-13-22-14-10-15-26(20-22)30-27(5,21(4)28)29-31-25-18-16-24(17-19-25)23(11-7-2)12-8-3/h6-19,21,29H,2,20,28H2,1,3-5H3/b9-6+,12-8-,22-13-,23-11+/t21-,27?/m1/s1. The van der Waals surface area contributed by atoms with E-state index in [1.807, 2.05) is 94.5 Å². The third-order valence-corrected chi connectivity index (χ3v) is 4.89. The lowest BCUT2D eigenvalue weighted by Gasteiger charge is -2.35. The number of benzene rings is 1. The molecule has 0 spiro atoms. The summed E-state index contributed by atoms with van der Waals surface area (Å²) >= 11 is 0. The van der Waals surface area contributed by atoms with Gasteiger partial charge in [-0.1, -0.05) is 73.4 Å². The number of hydroxylamine groups is 1. The Hall–Kier alpha value is -3.08. The molecule has 0 aliphatic heterocycles. The highest BCUT2D eigenvalue weighted by atomic mass is 16.7. The summed E-state index contributed by atoms with van der Waals surface area (Å²) in [6, 6.07) is 7.50. The summed E-state index contributed by atoms with van der Waals surface area (Å²) in [5.74, 6) is 1.50. The quantitative estimate of drug-likeness (QED) is 0.272. The van der Waals surface area contributed by atoms with Crippen molar-refractivity contribution in [3.8, 4) is 5.75 Å². The molecule has 0 saturated carbocycles. The molecule has 2 rings (SSSR count). The van der Waals surface area contributed by atoms with Crippen LogP contribution in [0.5, 0.6) is 5.75 Å². The van der Waals surface area contributed by atoms with Crippen molar-refractivity contribution in [1.82, 2.24) is 5.48 Å². The van der Waals surface area contributed by atoms with Gasteiger partial charge in [-0.25, -0.2) is 0 Å². The van der Waals surface area contributed by atoms with Crippen LogP contribution in [0.25, 0.3) is 5.57 Å². The van der Waals surface area contributed by atoms with Crippen LogP contribution in [-0.2, 0) is 4.74 Å². The summed E-state index contributed by atoms with van der Waals surface area (Å²) in [6.45, 7) is 11.5. The molecule has 3 N–H and O–H groups in total. The van der Waals surface area contributed by atoms with E-state index in [0.717, 1.165) is 16.9 Å². The van der Waals surface area contributed by atoms with Gasteiger partial charge in [-0.05, 0) is 62.6 Å². The maximum atomic E-state index is 6.25. The molecule has 0 radical (unpaired) electrons. The highest BCUT2D eigenvalue weighted by Crippen LogP contribution is 2.26. The van der Waals surface area contributed by atoms with Crippen LogP contribution < -0.4 is 16.1 Å². The van der Waals surface area contributed by atoms with Crippen LogP contribution in [0.4, 0.5) is 0 Å². The molecule has 4 heteroatoms. The van der Waals surface area contributed by atoms with Crippen molar-refractivity contribution in [1.29, 1.82) is 0 Å². The highest BCUT2D eigenvalue weighted by molar-refractivity contribution is 5.75. The second kappa shape index (κ2) is 11.9. The Kier molecular flexibility index (Phi) is 9.32. The van der Waals surface area contributed by atoms with Crippen LogP contribution in [0.15, 0.2) is 103 Å². The first-order valence-electron chi connectivity index (χ1n) is 10.6. The van der Waals surface area contributed by atoms with Gasteiger partial charge in [-0.2, -0.15) is 0 Å². The van der Waals surface area contributed by atoms with Crippen LogP contribution in [0.3, 0.4) is 0 Å². The Morgan fingerprint density at radius 2 is 1.97 bits per heavy atom. The molecule has 0 fully saturated rings. The zero-order valence-corrected chi connectivity index (χ0v) is 19.0. The molecule has 0 amide bonds. The van der Waals surface area contributed by atoms with Crippen molar-refractivity contribution in [3.63, 3.8) is 0 Å². The van der Waals surface area contributed by atoms with Crippen LogP contribution in [-0.4, -0.2) is 11.8 Å². The molecule has 0 saturated heterocycles. The van der Waals surface area contributed by atoms with Gasteiger partial charge < -0.3 is 15.3 Å². The van der Waals surface area contributed by atoms with E-state index in [9.17, 15) is 0 Å². The fourth-order valence-electron chi connectivity index (χ4n) is 2.91. The van der Waals surface area contributed by atoms with E-state index < -0.39 is 5.72 Å². The zero-order chi connectivity index (χ0) is 22.7. The average Bonchev–Trinajstić information content (AvgIpc) is 2.77. The van der Waals surface area contributed by atoms with Gasteiger partial charge in [0, 0.05) is 6.42 Å².